The van der Waals surface area contributed by atoms with Crippen LogP contribution in [-0.2, 0) is 6.42 Å². The Kier molecular flexibility index (Phi) is 5.28. The van der Waals surface area contributed by atoms with Crippen molar-refractivity contribution in [1.82, 2.24) is 5.32 Å². The normalized spacial score (nSPS) is 23.7. The molecule has 1 aliphatic heterocycles. The third-order valence-electron chi connectivity index (χ3n) is 4.10. The van der Waals surface area contributed by atoms with E-state index in [0.29, 0.717) is 12.1 Å². The number of piperidine rings is 1. The molecule has 2 unspecified atom stereocenters. The van der Waals surface area contributed by atoms with E-state index in [2.05, 4.69) is 65.1 Å². The molecular formula is C16H25BrN2. The average Bonchev–Trinajstić information content (AvgIpc) is 2.40. The summed E-state index contributed by atoms with van der Waals surface area (Å²) in [6.45, 7) is 9.02. The molecule has 1 aliphatic rings. The first-order valence-corrected chi connectivity index (χ1v) is 8.23. The van der Waals surface area contributed by atoms with E-state index < -0.39 is 0 Å². The summed E-state index contributed by atoms with van der Waals surface area (Å²) in [6.07, 6.45) is 3.58. The number of hydrogen-bond acceptors (Lipinski definition) is 2. The number of halogens is 1. The number of benzene rings is 1. The lowest BCUT2D eigenvalue weighted by Crippen LogP contribution is -2.47. The smallest absolute Gasteiger partial charge is 0.0401 e. The highest BCUT2D eigenvalue weighted by atomic mass is 79.9. The molecule has 0 spiro atoms. The van der Waals surface area contributed by atoms with Gasteiger partial charge in [-0.3, -0.25) is 0 Å². The second-order valence-corrected chi connectivity index (χ2v) is 6.36. The first kappa shape index (κ1) is 14.9. The summed E-state index contributed by atoms with van der Waals surface area (Å²) in [5.41, 5.74) is 2.87. The second-order valence-electron chi connectivity index (χ2n) is 5.45. The van der Waals surface area contributed by atoms with Crippen LogP contribution in [0.1, 0.15) is 39.2 Å². The average molecular weight is 325 g/mol. The summed E-state index contributed by atoms with van der Waals surface area (Å²) in [7, 11) is 0. The van der Waals surface area contributed by atoms with Crippen LogP contribution < -0.4 is 10.2 Å². The van der Waals surface area contributed by atoms with Crippen LogP contribution in [0.5, 0.6) is 0 Å². The molecule has 1 aromatic carbocycles. The maximum absolute atomic E-state index is 3.59. The van der Waals surface area contributed by atoms with Crippen molar-refractivity contribution in [3.8, 4) is 0 Å². The van der Waals surface area contributed by atoms with Crippen molar-refractivity contribution in [2.45, 2.75) is 52.1 Å². The van der Waals surface area contributed by atoms with Gasteiger partial charge in [0, 0.05) is 28.8 Å². The molecule has 1 heterocycles. The highest BCUT2D eigenvalue weighted by molar-refractivity contribution is 9.10. The fourth-order valence-corrected chi connectivity index (χ4v) is 3.53. The van der Waals surface area contributed by atoms with Gasteiger partial charge < -0.3 is 10.2 Å². The van der Waals surface area contributed by atoms with Gasteiger partial charge in [0.05, 0.1) is 0 Å². The molecule has 1 aromatic rings. The van der Waals surface area contributed by atoms with Gasteiger partial charge >= 0.3 is 0 Å². The molecule has 2 nitrogen and oxygen atoms in total. The van der Waals surface area contributed by atoms with Crippen LogP contribution in [0, 0.1) is 0 Å². The Labute approximate surface area is 125 Å². The van der Waals surface area contributed by atoms with Crippen LogP contribution in [0.15, 0.2) is 22.7 Å². The molecule has 0 bridgehead atoms. The van der Waals surface area contributed by atoms with E-state index >= 15 is 0 Å². The third-order valence-corrected chi connectivity index (χ3v) is 4.59. The largest absolute Gasteiger partial charge is 0.368 e. The standard InChI is InChI=1S/C16H25BrN2/c1-4-13-11-14(17)6-7-16(13)19-9-8-15(18-5-2)10-12(19)3/h6-7,11-12,15,18H,4-5,8-10H2,1-3H3. The molecule has 1 N–H and O–H groups in total. The Bertz CT molecular complexity index is 419. The van der Waals surface area contributed by atoms with Gasteiger partial charge in [0.2, 0.25) is 0 Å². The van der Waals surface area contributed by atoms with Crippen molar-refractivity contribution < 1.29 is 0 Å². The van der Waals surface area contributed by atoms with Gasteiger partial charge in [-0.2, -0.15) is 0 Å². The molecule has 0 aromatic heterocycles. The van der Waals surface area contributed by atoms with Crippen molar-refractivity contribution >= 4 is 21.6 Å². The summed E-state index contributed by atoms with van der Waals surface area (Å²) >= 11 is 3.58. The quantitative estimate of drug-likeness (QED) is 0.901. The molecule has 0 aliphatic carbocycles. The lowest BCUT2D eigenvalue weighted by Gasteiger charge is -2.40. The molecule has 0 amide bonds. The Balaban J connectivity index is 2.14. The lowest BCUT2D eigenvalue weighted by atomic mass is 9.96. The summed E-state index contributed by atoms with van der Waals surface area (Å²) < 4.78 is 1.18. The maximum atomic E-state index is 3.59. The van der Waals surface area contributed by atoms with Gasteiger partial charge in [0.25, 0.3) is 0 Å². The highest BCUT2D eigenvalue weighted by Crippen LogP contribution is 2.30. The van der Waals surface area contributed by atoms with Crippen molar-refractivity contribution in [2.24, 2.45) is 0 Å². The predicted octanol–water partition coefficient (Wildman–Crippen LogP) is 3.98. The molecule has 19 heavy (non-hydrogen) atoms. The molecular weight excluding hydrogens is 300 g/mol. The SMILES string of the molecule is CCNC1CCN(c2ccc(Br)cc2CC)C(C)C1. The highest BCUT2D eigenvalue weighted by Gasteiger charge is 2.26. The Morgan fingerprint density at radius 3 is 2.79 bits per heavy atom. The van der Waals surface area contributed by atoms with Crippen molar-refractivity contribution in [3.63, 3.8) is 0 Å². The van der Waals surface area contributed by atoms with E-state index in [1.54, 1.807) is 0 Å². The van der Waals surface area contributed by atoms with E-state index in [0.717, 1.165) is 19.5 Å². The van der Waals surface area contributed by atoms with E-state index in [1.807, 2.05) is 0 Å². The zero-order valence-electron chi connectivity index (χ0n) is 12.2. The number of nitrogens with one attached hydrogen (secondary N) is 1. The van der Waals surface area contributed by atoms with Gasteiger partial charge in [0.15, 0.2) is 0 Å². The minimum absolute atomic E-state index is 0.615. The number of aryl methyl sites for hydroxylation is 1. The first-order chi connectivity index (χ1) is 9.15. The number of rotatable bonds is 4. The number of anilines is 1. The van der Waals surface area contributed by atoms with E-state index in [-0.39, 0.29) is 0 Å². The van der Waals surface area contributed by atoms with Gasteiger partial charge in [0.1, 0.15) is 0 Å². The summed E-state index contributed by atoms with van der Waals surface area (Å²) in [4.78, 5) is 2.58. The molecule has 1 saturated heterocycles. The molecule has 2 atom stereocenters. The summed E-state index contributed by atoms with van der Waals surface area (Å²) in [6, 6.07) is 8.00. The van der Waals surface area contributed by atoms with Gasteiger partial charge in [-0.25, -0.2) is 0 Å². The van der Waals surface area contributed by atoms with Crippen LogP contribution in [0.2, 0.25) is 0 Å². The molecule has 0 radical (unpaired) electrons. The van der Waals surface area contributed by atoms with Crippen LogP contribution in [0.25, 0.3) is 0 Å². The Morgan fingerprint density at radius 1 is 1.37 bits per heavy atom. The van der Waals surface area contributed by atoms with Crippen LogP contribution in [-0.4, -0.2) is 25.2 Å². The molecule has 106 valence electrons. The van der Waals surface area contributed by atoms with E-state index in [9.17, 15) is 0 Å². The van der Waals surface area contributed by atoms with Gasteiger partial charge in [-0.05, 0) is 56.5 Å². The molecule has 0 saturated carbocycles. The van der Waals surface area contributed by atoms with Crippen molar-refractivity contribution in [1.29, 1.82) is 0 Å². The molecule has 1 fully saturated rings. The van der Waals surface area contributed by atoms with Crippen molar-refractivity contribution in [3.05, 3.63) is 28.2 Å². The van der Waals surface area contributed by atoms with Crippen LogP contribution in [0.3, 0.4) is 0 Å². The fraction of sp³-hybridized carbons (Fsp3) is 0.625. The lowest BCUT2D eigenvalue weighted by molar-refractivity contribution is 0.373. The zero-order chi connectivity index (χ0) is 13.8. The topological polar surface area (TPSA) is 15.3 Å². The third kappa shape index (κ3) is 3.51. The van der Waals surface area contributed by atoms with Crippen molar-refractivity contribution in [2.75, 3.05) is 18.0 Å². The molecule has 3 heteroatoms. The van der Waals surface area contributed by atoms with Crippen LogP contribution in [0.4, 0.5) is 5.69 Å². The maximum Gasteiger partial charge on any atom is 0.0401 e. The number of hydrogen-bond donors (Lipinski definition) is 1. The molecule has 2 rings (SSSR count). The van der Waals surface area contributed by atoms with Crippen LogP contribution >= 0.6 is 15.9 Å². The summed E-state index contributed by atoms with van der Waals surface area (Å²) in [5, 5.41) is 3.59. The number of nitrogens with zero attached hydrogens (tertiary/aromatic N) is 1. The van der Waals surface area contributed by atoms with Gasteiger partial charge in [-0.1, -0.05) is 29.8 Å². The van der Waals surface area contributed by atoms with E-state index in [1.165, 1.54) is 28.6 Å². The first-order valence-electron chi connectivity index (χ1n) is 7.44. The summed E-state index contributed by atoms with van der Waals surface area (Å²) in [5.74, 6) is 0. The minimum Gasteiger partial charge on any atom is -0.368 e. The fourth-order valence-electron chi connectivity index (χ4n) is 3.12. The zero-order valence-corrected chi connectivity index (χ0v) is 13.8. The van der Waals surface area contributed by atoms with E-state index in [4.69, 9.17) is 0 Å². The van der Waals surface area contributed by atoms with Gasteiger partial charge in [-0.15, -0.1) is 0 Å². The monoisotopic (exact) mass is 324 g/mol. The Hall–Kier alpha value is -0.540. The minimum atomic E-state index is 0.615. The predicted molar refractivity (Wildman–Crippen MR) is 87.0 cm³/mol. The Morgan fingerprint density at radius 2 is 2.16 bits per heavy atom. The second kappa shape index (κ2) is 6.76.